The van der Waals surface area contributed by atoms with Crippen molar-refractivity contribution < 1.29 is 4.74 Å². The molecule has 1 aromatic heterocycles. The van der Waals surface area contributed by atoms with Crippen LogP contribution in [0.15, 0.2) is 58.5 Å². The second-order valence-corrected chi connectivity index (χ2v) is 6.79. The third-order valence-corrected chi connectivity index (χ3v) is 5.11. The van der Waals surface area contributed by atoms with Crippen LogP contribution in [0.4, 0.5) is 0 Å². The van der Waals surface area contributed by atoms with Crippen molar-refractivity contribution in [2.75, 3.05) is 19.5 Å². The summed E-state index contributed by atoms with van der Waals surface area (Å²) in [5.41, 5.74) is 2.79. The Morgan fingerprint density at radius 2 is 1.88 bits per heavy atom. The van der Waals surface area contributed by atoms with Crippen LogP contribution in [0.25, 0.3) is 16.6 Å². The number of ether oxygens (including phenoxy) is 1. The minimum atomic E-state index is -0.0132. The Hall–Kier alpha value is -2.11. The van der Waals surface area contributed by atoms with E-state index in [2.05, 4.69) is 13.0 Å². The van der Waals surface area contributed by atoms with E-state index in [9.17, 15) is 4.79 Å². The molecule has 3 rings (SSSR count). The molecule has 0 saturated heterocycles. The average molecular weight is 354 g/mol. The molecule has 3 aromatic rings. The summed E-state index contributed by atoms with van der Waals surface area (Å²) < 4.78 is 6.89. The number of nitrogens with zero attached hydrogens (tertiary/aromatic N) is 2. The lowest BCUT2D eigenvalue weighted by molar-refractivity contribution is 0.200. The number of methoxy groups -OCH3 is 1. The van der Waals surface area contributed by atoms with Crippen LogP contribution >= 0.6 is 11.8 Å². The number of thioether (sulfide) groups is 1. The van der Waals surface area contributed by atoms with Gasteiger partial charge in [-0.05, 0) is 36.6 Å². The predicted molar refractivity (Wildman–Crippen MR) is 104 cm³/mol. The quantitative estimate of drug-likeness (QED) is 0.364. The molecule has 0 bridgehead atoms. The SMILES string of the molecule is CCc1ccccc1-n1c(SCCCOC)nc2ccccc2c1=O. The summed E-state index contributed by atoms with van der Waals surface area (Å²) in [5.74, 6) is 0.854. The van der Waals surface area contributed by atoms with E-state index in [4.69, 9.17) is 9.72 Å². The van der Waals surface area contributed by atoms with Crippen molar-refractivity contribution in [3.05, 3.63) is 64.4 Å². The van der Waals surface area contributed by atoms with Crippen LogP contribution in [0.2, 0.25) is 0 Å². The highest BCUT2D eigenvalue weighted by atomic mass is 32.2. The van der Waals surface area contributed by atoms with Crippen molar-refractivity contribution in [1.82, 2.24) is 9.55 Å². The summed E-state index contributed by atoms with van der Waals surface area (Å²) in [5, 5.41) is 1.38. The van der Waals surface area contributed by atoms with Gasteiger partial charge in [-0.25, -0.2) is 4.98 Å². The molecule has 0 saturated carbocycles. The smallest absolute Gasteiger partial charge is 0.266 e. The van der Waals surface area contributed by atoms with Crippen molar-refractivity contribution in [3.63, 3.8) is 0 Å². The highest BCUT2D eigenvalue weighted by molar-refractivity contribution is 7.99. The van der Waals surface area contributed by atoms with Crippen LogP contribution < -0.4 is 5.56 Å². The highest BCUT2D eigenvalue weighted by Crippen LogP contribution is 2.24. The number of benzene rings is 2. The second kappa shape index (κ2) is 8.32. The summed E-state index contributed by atoms with van der Waals surface area (Å²) in [6.45, 7) is 2.81. The molecule has 0 aliphatic heterocycles. The topological polar surface area (TPSA) is 44.1 Å². The number of rotatable bonds is 7. The first kappa shape index (κ1) is 17.7. The zero-order valence-corrected chi connectivity index (χ0v) is 15.4. The first-order valence-corrected chi connectivity index (χ1v) is 9.46. The molecule has 0 aliphatic rings. The fourth-order valence-electron chi connectivity index (χ4n) is 2.82. The zero-order chi connectivity index (χ0) is 17.6. The molecule has 0 atom stereocenters. The van der Waals surface area contributed by atoms with E-state index < -0.39 is 0 Å². The fraction of sp³-hybridized carbons (Fsp3) is 0.300. The third kappa shape index (κ3) is 3.78. The predicted octanol–water partition coefficient (Wildman–Crippen LogP) is 4.08. The van der Waals surface area contributed by atoms with Crippen molar-refractivity contribution >= 4 is 22.7 Å². The number of fused-ring (bicyclic) bond motifs is 1. The molecular formula is C20H22N2O2S. The van der Waals surface area contributed by atoms with E-state index in [-0.39, 0.29) is 5.56 Å². The van der Waals surface area contributed by atoms with Crippen molar-refractivity contribution in [2.24, 2.45) is 0 Å². The number of para-hydroxylation sites is 2. The van der Waals surface area contributed by atoms with Gasteiger partial charge in [0.05, 0.1) is 16.6 Å². The monoisotopic (exact) mass is 354 g/mol. The maximum Gasteiger partial charge on any atom is 0.266 e. The van der Waals surface area contributed by atoms with Crippen LogP contribution in [-0.4, -0.2) is 29.0 Å². The van der Waals surface area contributed by atoms with Gasteiger partial charge in [0.25, 0.3) is 5.56 Å². The normalized spacial score (nSPS) is 11.1. The minimum Gasteiger partial charge on any atom is -0.385 e. The van der Waals surface area contributed by atoms with Gasteiger partial charge in [0.15, 0.2) is 5.16 Å². The van der Waals surface area contributed by atoms with Crippen molar-refractivity contribution in [2.45, 2.75) is 24.9 Å². The summed E-state index contributed by atoms with van der Waals surface area (Å²) >= 11 is 1.60. The Morgan fingerprint density at radius 3 is 2.68 bits per heavy atom. The largest absolute Gasteiger partial charge is 0.385 e. The minimum absolute atomic E-state index is 0.0132. The fourth-order valence-corrected chi connectivity index (χ4v) is 3.73. The molecule has 0 fully saturated rings. The summed E-state index contributed by atoms with van der Waals surface area (Å²) in [7, 11) is 1.70. The van der Waals surface area contributed by atoms with Crippen molar-refractivity contribution in [3.8, 4) is 5.69 Å². The number of aromatic nitrogens is 2. The number of aryl methyl sites for hydroxylation is 1. The number of hydrogen-bond acceptors (Lipinski definition) is 4. The lowest BCUT2D eigenvalue weighted by Crippen LogP contribution is -2.23. The molecule has 0 radical (unpaired) electrons. The molecular weight excluding hydrogens is 332 g/mol. The number of hydrogen-bond donors (Lipinski definition) is 0. The van der Waals surface area contributed by atoms with Gasteiger partial charge in [-0.15, -0.1) is 0 Å². The van der Waals surface area contributed by atoms with Crippen LogP contribution in [-0.2, 0) is 11.2 Å². The van der Waals surface area contributed by atoms with Gasteiger partial charge in [-0.2, -0.15) is 0 Å². The summed E-state index contributed by atoms with van der Waals surface area (Å²) in [6, 6.07) is 15.6. The summed E-state index contributed by atoms with van der Waals surface area (Å²) in [4.78, 5) is 18.0. The van der Waals surface area contributed by atoms with E-state index in [1.807, 2.05) is 42.5 Å². The van der Waals surface area contributed by atoms with Gasteiger partial charge < -0.3 is 4.74 Å². The van der Waals surface area contributed by atoms with Gasteiger partial charge in [0.1, 0.15) is 0 Å². The molecule has 0 spiro atoms. The lowest BCUT2D eigenvalue weighted by atomic mass is 10.1. The van der Waals surface area contributed by atoms with Crippen LogP contribution in [0, 0.1) is 0 Å². The lowest BCUT2D eigenvalue weighted by Gasteiger charge is -2.16. The molecule has 2 aromatic carbocycles. The third-order valence-electron chi connectivity index (χ3n) is 4.08. The molecule has 25 heavy (non-hydrogen) atoms. The van der Waals surface area contributed by atoms with Crippen LogP contribution in [0.3, 0.4) is 0 Å². The van der Waals surface area contributed by atoms with Gasteiger partial charge in [0, 0.05) is 19.5 Å². The summed E-state index contributed by atoms with van der Waals surface area (Å²) in [6.07, 6.45) is 1.78. The van der Waals surface area contributed by atoms with E-state index >= 15 is 0 Å². The second-order valence-electron chi connectivity index (χ2n) is 5.73. The van der Waals surface area contributed by atoms with Crippen LogP contribution in [0.1, 0.15) is 18.9 Å². The first-order valence-electron chi connectivity index (χ1n) is 8.48. The van der Waals surface area contributed by atoms with E-state index in [1.165, 1.54) is 0 Å². The van der Waals surface area contributed by atoms with Gasteiger partial charge in [0.2, 0.25) is 0 Å². The first-order chi connectivity index (χ1) is 12.3. The van der Waals surface area contributed by atoms with Gasteiger partial charge >= 0.3 is 0 Å². The Morgan fingerprint density at radius 1 is 1.12 bits per heavy atom. The molecule has 1 heterocycles. The van der Waals surface area contributed by atoms with Gasteiger partial charge in [-0.3, -0.25) is 9.36 Å². The zero-order valence-electron chi connectivity index (χ0n) is 14.6. The molecule has 0 unspecified atom stereocenters. The molecule has 130 valence electrons. The average Bonchev–Trinajstić information content (AvgIpc) is 2.65. The molecule has 0 N–H and O–H groups in total. The standard InChI is InChI=1S/C20H22N2O2S/c1-3-15-9-4-7-12-18(15)22-19(23)16-10-5-6-11-17(16)21-20(22)25-14-8-13-24-2/h4-7,9-12H,3,8,13-14H2,1-2H3. The Balaban J connectivity index is 2.16. The maximum atomic E-state index is 13.2. The highest BCUT2D eigenvalue weighted by Gasteiger charge is 2.15. The molecule has 0 amide bonds. The van der Waals surface area contributed by atoms with E-state index in [0.29, 0.717) is 12.0 Å². The maximum absolute atomic E-state index is 13.2. The van der Waals surface area contributed by atoms with Gasteiger partial charge in [-0.1, -0.05) is 49.0 Å². The molecule has 5 heteroatoms. The van der Waals surface area contributed by atoms with Crippen LogP contribution in [0.5, 0.6) is 0 Å². The molecule has 0 aliphatic carbocycles. The van der Waals surface area contributed by atoms with E-state index in [1.54, 1.807) is 23.4 Å². The molecule has 4 nitrogen and oxygen atoms in total. The van der Waals surface area contributed by atoms with E-state index in [0.717, 1.165) is 40.5 Å². The van der Waals surface area contributed by atoms with Crippen molar-refractivity contribution in [1.29, 1.82) is 0 Å². The Kier molecular flexibility index (Phi) is 5.89. The Labute approximate surface area is 151 Å². The Bertz CT molecular complexity index is 921.